The molecule has 0 unspecified atom stereocenters. The van der Waals surface area contributed by atoms with Gasteiger partial charge in [-0.25, -0.2) is 0 Å². The molecule has 1 aliphatic rings. The maximum atomic E-state index is 3.44. The van der Waals surface area contributed by atoms with Gasteiger partial charge in [0.1, 0.15) is 0 Å². The summed E-state index contributed by atoms with van der Waals surface area (Å²) in [4.78, 5) is 0. The van der Waals surface area contributed by atoms with Crippen molar-refractivity contribution in [2.45, 2.75) is 6.42 Å². The van der Waals surface area contributed by atoms with E-state index in [0.717, 1.165) is 6.42 Å². The Balaban J connectivity index is 0. The fourth-order valence-electron chi connectivity index (χ4n) is 1.94. The molecule has 0 saturated heterocycles. The van der Waals surface area contributed by atoms with E-state index >= 15 is 0 Å². The van der Waals surface area contributed by atoms with Crippen LogP contribution in [0.15, 0.2) is 48.5 Å². The molecule has 3 heteroatoms. The van der Waals surface area contributed by atoms with E-state index in [-0.39, 0.29) is 62.0 Å². The number of anilines is 2. The number of hydrogen-bond acceptors (Lipinski definition) is 1. The molecule has 1 N–H and O–H groups in total. The van der Waals surface area contributed by atoms with Crippen LogP contribution in [0, 0.1) is 0 Å². The van der Waals surface area contributed by atoms with Gasteiger partial charge in [0.05, 0.1) is 0 Å². The van der Waals surface area contributed by atoms with Gasteiger partial charge in [-0.3, -0.25) is 0 Å². The van der Waals surface area contributed by atoms with E-state index in [1.807, 2.05) is 0 Å². The van der Waals surface area contributed by atoms with Crippen molar-refractivity contribution in [2.24, 2.45) is 0 Å². The average molecular weight is 229 g/mol. The van der Waals surface area contributed by atoms with E-state index in [2.05, 4.69) is 53.8 Å². The second-order valence-electron chi connectivity index (χ2n) is 3.62. The predicted octanol–water partition coefficient (Wildman–Crippen LogP) is -2.43. The number of nitrogens with one attached hydrogen (secondary N) is 1. The molecule has 1 nitrogen and oxygen atoms in total. The molecule has 0 spiro atoms. The first-order chi connectivity index (χ1) is 6.93. The minimum atomic E-state index is 0. The molecule has 2 aromatic rings. The minimum absolute atomic E-state index is 0. The summed E-state index contributed by atoms with van der Waals surface area (Å²) in [5.74, 6) is 0. The van der Waals surface area contributed by atoms with Gasteiger partial charge in [0.15, 0.2) is 0 Å². The summed E-state index contributed by atoms with van der Waals surface area (Å²) in [6, 6.07) is 16.9. The first-order valence-electron chi connectivity index (χ1n) is 4.86. The number of rotatable bonds is 0. The number of hydrogen-bond donors (Lipinski definition) is 1. The number of benzene rings is 2. The number of para-hydroxylation sites is 2. The quantitative estimate of drug-likeness (QED) is 0.423. The van der Waals surface area contributed by atoms with Crippen LogP contribution in [0.1, 0.15) is 14.0 Å². The summed E-state index contributed by atoms with van der Waals surface area (Å²) < 4.78 is 0. The zero-order valence-electron chi connectivity index (χ0n) is 11.8. The van der Waals surface area contributed by atoms with E-state index in [1.54, 1.807) is 0 Å². The van der Waals surface area contributed by atoms with Gasteiger partial charge in [-0.1, -0.05) is 36.4 Å². The first-order valence-corrected chi connectivity index (χ1v) is 4.86. The van der Waals surface area contributed by atoms with Crippen LogP contribution in [0.5, 0.6) is 0 Å². The van der Waals surface area contributed by atoms with Crippen molar-refractivity contribution in [1.82, 2.24) is 0 Å². The SMILES string of the molecule is [H-].[H-].[Na+].[Na+].c1ccc2c(c1)Cc1ccccc1N2. The second kappa shape index (κ2) is 6.25. The van der Waals surface area contributed by atoms with Gasteiger partial charge in [-0.15, -0.1) is 0 Å². The Hall–Kier alpha value is 0.240. The minimum Gasteiger partial charge on any atom is -1.00 e. The normalized spacial score (nSPS) is 11.0. The van der Waals surface area contributed by atoms with Crippen LogP contribution in [-0.2, 0) is 6.42 Å². The Morgan fingerprint density at radius 1 is 0.750 bits per heavy atom. The summed E-state index contributed by atoms with van der Waals surface area (Å²) in [6.45, 7) is 0. The summed E-state index contributed by atoms with van der Waals surface area (Å²) in [5.41, 5.74) is 5.25. The van der Waals surface area contributed by atoms with Crippen molar-refractivity contribution < 1.29 is 62.0 Å². The molecular weight excluding hydrogens is 216 g/mol. The van der Waals surface area contributed by atoms with Crippen LogP contribution >= 0.6 is 0 Å². The van der Waals surface area contributed by atoms with Crippen molar-refractivity contribution in [3.05, 3.63) is 59.7 Å². The topological polar surface area (TPSA) is 12.0 Å². The van der Waals surface area contributed by atoms with Crippen molar-refractivity contribution >= 4 is 11.4 Å². The zero-order valence-corrected chi connectivity index (χ0v) is 13.8. The fourth-order valence-corrected chi connectivity index (χ4v) is 1.94. The summed E-state index contributed by atoms with van der Waals surface area (Å²) in [7, 11) is 0. The molecule has 1 heterocycles. The van der Waals surface area contributed by atoms with Gasteiger partial charge in [0.2, 0.25) is 0 Å². The smallest absolute Gasteiger partial charge is 1.00 e. The average Bonchev–Trinajstić information content (AvgIpc) is 2.26. The summed E-state index contributed by atoms with van der Waals surface area (Å²) >= 11 is 0. The predicted molar refractivity (Wildman–Crippen MR) is 61.2 cm³/mol. The Morgan fingerprint density at radius 2 is 1.19 bits per heavy atom. The van der Waals surface area contributed by atoms with Crippen LogP contribution < -0.4 is 64.4 Å². The van der Waals surface area contributed by atoms with Crippen LogP contribution in [0.2, 0.25) is 0 Å². The molecule has 0 aromatic heterocycles. The van der Waals surface area contributed by atoms with Gasteiger partial charge in [-0.2, -0.15) is 0 Å². The Morgan fingerprint density at radius 3 is 1.69 bits per heavy atom. The third kappa shape index (κ3) is 2.73. The van der Waals surface area contributed by atoms with E-state index in [1.165, 1.54) is 22.5 Å². The third-order valence-electron chi connectivity index (χ3n) is 2.68. The van der Waals surface area contributed by atoms with Crippen LogP contribution in [0.25, 0.3) is 0 Å². The Bertz CT molecular complexity index is 404. The Kier molecular flexibility index (Phi) is 5.58. The molecule has 2 aromatic carbocycles. The van der Waals surface area contributed by atoms with Gasteiger partial charge >= 0.3 is 59.1 Å². The maximum absolute atomic E-state index is 3.44. The largest absolute Gasteiger partial charge is 1.00 e. The zero-order chi connectivity index (χ0) is 9.38. The van der Waals surface area contributed by atoms with Crippen LogP contribution in [0.4, 0.5) is 11.4 Å². The van der Waals surface area contributed by atoms with Gasteiger partial charge in [-0.05, 0) is 23.3 Å². The first kappa shape index (κ1) is 14.3. The van der Waals surface area contributed by atoms with Crippen molar-refractivity contribution in [3.8, 4) is 0 Å². The van der Waals surface area contributed by atoms with E-state index in [4.69, 9.17) is 0 Å². The molecule has 16 heavy (non-hydrogen) atoms. The standard InChI is InChI=1S/C13H11N.2Na.2H/c1-3-7-12-10(5-1)9-11-6-2-4-8-13(11)14-12;;;;/h1-8,14H,9H2;;;;/q;2*+1;2*-1. The molecule has 3 rings (SSSR count). The van der Waals surface area contributed by atoms with Gasteiger partial charge in [0, 0.05) is 17.8 Å². The van der Waals surface area contributed by atoms with Crippen molar-refractivity contribution in [1.29, 1.82) is 0 Å². The monoisotopic (exact) mass is 229 g/mol. The molecule has 0 atom stereocenters. The van der Waals surface area contributed by atoms with E-state index in [0.29, 0.717) is 0 Å². The van der Waals surface area contributed by atoms with Crippen LogP contribution in [-0.4, -0.2) is 0 Å². The molecule has 0 aliphatic carbocycles. The molecule has 0 radical (unpaired) electrons. The summed E-state index contributed by atoms with van der Waals surface area (Å²) in [6.07, 6.45) is 1.04. The van der Waals surface area contributed by atoms with Gasteiger partial charge in [0.25, 0.3) is 0 Å². The molecule has 0 bridgehead atoms. The van der Waals surface area contributed by atoms with E-state index < -0.39 is 0 Å². The molecule has 72 valence electrons. The molecular formula is C13H13NNa2. The van der Waals surface area contributed by atoms with Gasteiger partial charge < -0.3 is 8.17 Å². The van der Waals surface area contributed by atoms with Crippen molar-refractivity contribution in [3.63, 3.8) is 0 Å². The molecule has 0 saturated carbocycles. The third-order valence-corrected chi connectivity index (χ3v) is 2.68. The fraction of sp³-hybridized carbons (Fsp3) is 0.0769. The molecule has 0 amide bonds. The Labute approximate surface area is 143 Å². The maximum Gasteiger partial charge on any atom is 1.00 e. The number of fused-ring (bicyclic) bond motifs is 2. The molecule has 0 fully saturated rings. The van der Waals surface area contributed by atoms with E-state index in [9.17, 15) is 0 Å². The second-order valence-corrected chi connectivity index (χ2v) is 3.62. The van der Waals surface area contributed by atoms with Crippen LogP contribution in [0.3, 0.4) is 0 Å². The molecule has 1 aliphatic heterocycles. The van der Waals surface area contributed by atoms with Crippen molar-refractivity contribution in [2.75, 3.05) is 5.32 Å². The summed E-state index contributed by atoms with van der Waals surface area (Å²) in [5, 5.41) is 3.44.